The molecule has 1 atom stereocenters. The van der Waals surface area contributed by atoms with Gasteiger partial charge in [0.15, 0.2) is 0 Å². The number of aromatic nitrogens is 2. The number of urea groups is 1. The Hall–Kier alpha value is -2.81. The van der Waals surface area contributed by atoms with E-state index in [1.165, 1.54) is 0 Å². The summed E-state index contributed by atoms with van der Waals surface area (Å²) in [5.74, 6) is 1.36. The van der Waals surface area contributed by atoms with Crippen molar-refractivity contribution in [2.45, 2.75) is 45.1 Å². The van der Waals surface area contributed by atoms with E-state index in [1.54, 1.807) is 24.3 Å². The Morgan fingerprint density at radius 1 is 1.46 bits per heavy atom. The number of nitrogens with one attached hydrogen (secondary N) is 1. The van der Waals surface area contributed by atoms with E-state index >= 15 is 0 Å². The lowest BCUT2D eigenvalue weighted by Gasteiger charge is -2.32. The maximum atomic E-state index is 12.6. The minimum atomic E-state index is -0.114. The Kier molecular flexibility index (Phi) is 5.90. The highest BCUT2D eigenvalue weighted by Crippen LogP contribution is 2.26. The summed E-state index contributed by atoms with van der Waals surface area (Å²) in [5.41, 5.74) is 1.19. The third kappa shape index (κ3) is 4.23. The van der Waals surface area contributed by atoms with E-state index in [9.17, 15) is 4.79 Å². The molecule has 1 unspecified atom stereocenters. The number of carbonyl (C=O) groups excluding carboxylic acids is 1. The second-order valence-corrected chi connectivity index (χ2v) is 6.74. The molecule has 0 saturated carbocycles. The first-order valence-corrected chi connectivity index (χ1v) is 9.28. The Morgan fingerprint density at radius 3 is 3.15 bits per heavy atom. The quantitative estimate of drug-likeness (QED) is 0.886. The van der Waals surface area contributed by atoms with Gasteiger partial charge in [-0.3, -0.25) is 0 Å². The summed E-state index contributed by atoms with van der Waals surface area (Å²) < 4.78 is 2.23. The Labute approximate surface area is 154 Å². The molecule has 136 valence electrons. The van der Waals surface area contributed by atoms with Crippen LogP contribution in [0.5, 0.6) is 0 Å². The zero-order valence-electron chi connectivity index (χ0n) is 15.2. The molecular formula is C20H25N5O. The van der Waals surface area contributed by atoms with Crippen molar-refractivity contribution in [2.24, 2.45) is 0 Å². The molecule has 2 aromatic rings. The summed E-state index contributed by atoms with van der Waals surface area (Å²) in [6, 6.07) is 8.97. The van der Waals surface area contributed by atoms with Crippen molar-refractivity contribution >= 4 is 11.7 Å². The van der Waals surface area contributed by atoms with Gasteiger partial charge in [0.05, 0.1) is 11.6 Å². The number of benzene rings is 1. The zero-order valence-corrected chi connectivity index (χ0v) is 15.2. The lowest BCUT2D eigenvalue weighted by Crippen LogP contribution is -2.42. The number of amides is 2. The molecule has 1 aliphatic heterocycles. The van der Waals surface area contributed by atoms with Crippen molar-refractivity contribution < 1.29 is 4.79 Å². The van der Waals surface area contributed by atoms with E-state index in [0.717, 1.165) is 44.6 Å². The average molecular weight is 351 g/mol. The van der Waals surface area contributed by atoms with Gasteiger partial charge in [0.1, 0.15) is 5.82 Å². The van der Waals surface area contributed by atoms with Crippen LogP contribution in [0.1, 0.15) is 49.9 Å². The molecule has 0 aliphatic carbocycles. The van der Waals surface area contributed by atoms with E-state index in [2.05, 4.69) is 27.9 Å². The van der Waals surface area contributed by atoms with Gasteiger partial charge in [0.2, 0.25) is 0 Å². The van der Waals surface area contributed by atoms with E-state index in [0.29, 0.717) is 17.8 Å². The number of anilines is 1. The largest absolute Gasteiger partial charge is 0.335 e. The Morgan fingerprint density at radius 2 is 2.35 bits per heavy atom. The molecule has 1 fully saturated rings. The predicted octanol–water partition coefficient (Wildman–Crippen LogP) is 3.97. The number of carbonyl (C=O) groups is 1. The van der Waals surface area contributed by atoms with E-state index in [-0.39, 0.29) is 11.9 Å². The minimum absolute atomic E-state index is 0.114. The second-order valence-electron chi connectivity index (χ2n) is 6.74. The second kappa shape index (κ2) is 8.52. The van der Waals surface area contributed by atoms with Crippen molar-refractivity contribution in [3.63, 3.8) is 0 Å². The van der Waals surface area contributed by atoms with Crippen LogP contribution in [-0.4, -0.2) is 33.6 Å². The number of rotatable bonds is 5. The smallest absolute Gasteiger partial charge is 0.321 e. The predicted molar refractivity (Wildman–Crippen MR) is 101 cm³/mol. The van der Waals surface area contributed by atoms with Gasteiger partial charge in [-0.05, 0) is 37.5 Å². The summed E-state index contributed by atoms with van der Waals surface area (Å²) in [6.45, 7) is 4.59. The first-order valence-electron chi connectivity index (χ1n) is 9.28. The molecule has 0 bridgehead atoms. The van der Waals surface area contributed by atoms with Crippen molar-refractivity contribution in [3.8, 4) is 6.07 Å². The summed E-state index contributed by atoms with van der Waals surface area (Å²) >= 11 is 0. The molecule has 0 spiro atoms. The van der Waals surface area contributed by atoms with Crippen LogP contribution in [0.4, 0.5) is 10.5 Å². The number of nitrogens with zero attached hydrogens (tertiary/aromatic N) is 4. The van der Waals surface area contributed by atoms with E-state index in [1.807, 2.05) is 17.3 Å². The molecule has 2 amide bonds. The fourth-order valence-electron chi connectivity index (χ4n) is 3.44. The summed E-state index contributed by atoms with van der Waals surface area (Å²) in [4.78, 5) is 19.1. The lowest BCUT2D eigenvalue weighted by molar-refractivity contribution is 0.190. The molecule has 1 aromatic heterocycles. The molecule has 1 aromatic carbocycles. The zero-order chi connectivity index (χ0) is 18.4. The van der Waals surface area contributed by atoms with Crippen LogP contribution in [0.2, 0.25) is 0 Å². The van der Waals surface area contributed by atoms with Gasteiger partial charge in [-0.15, -0.1) is 0 Å². The standard InChI is InChI=1S/C20H25N5O/c1-2-3-10-24-12-9-22-19(24)17-7-5-11-25(15-17)20(26)23-18-8-4-6-16(13-18)14-21/h4,6,8-9,12-13,17H,2-3,5,7,10-11,15H2,1H3,(H,23,26). The minimum Gasteiger partial charge on any atom is -0.335 e. The normalized spacial score (nSPS) is 16.9. The lowest BCUT2D eigenvalue weighted by atomic mass is 9.97. The first kappa shape index (κ1) is 18.0. The summed E-state index contributed by atoms with van der Waals surface area (Å²) in [7, 11) is 0. The number of aryl methyl sites for hydroxylation is 1. The van der Waals surface area contributed by atoms with E-state index in [4.69, 9.17) is 5.26 Å². The third-order valence-electron chi connectivity index (χ3n) is 4.82. The van der Waals surface area contributed by atoms with Gasteiger partial charge < -0.3 is 14.8 Å². The molecule has 0 radical (unpaired) electrons. The molecule has 1 N–H and O–H groups in total. The molecule has 3 rings (SSSR count). The van der Waals surface area contributed by atoms with Gasteiger partial charge in [-0.25, -0.2) is 9.78 Å². The number of hydrogen-bond acceptors (Lipinski definition) is 3. The van der Waals surface area contributed by atoms with Gasteiger partial charge >= 0.3 is 6.03 Å². The Balaban J connectivity index is 1.65. The fourth-order valence-corrected chi connectivity index (χ4v) is 3.44. The summed E-state index contributed by atoms with van der Waals surface area (Å²) in [6.07, 6.45) is 8.21. The third-order valence-corrected chi connectivity index (χ3v) is 4.82. The SMILES string of the molecule is CCCCn1ccnc1C1CCCN(C(=O)Nc2cccc(C#N)c2)C1. The highest BCUT2D eigenvalue weighted by atomic mass is 16.2. The number of likely N-dealkylation sites (tertiary alicyclic amines) is 1. The van der Waals surface area contributed by atoms with Crippen LogP contribution in [0.15, 0.2) is 36.7 Å². The van der Waals surface area contributed by atoms with E-state index < -0.39 is 0 Å². The number of piperidine rings is 1. The fraction of sp³-hybridized carbons (Fsp3) is 0.450. The molecular weight excluding hydrogens is 326 g/mol. The molecule has 2 heterocycles. The van der Waals surface area contributed by atoms with Gasteiger partial charge in [-0.2, -0.15) is 5.26 Å². The monoisotopic (exact) mass is 351 g/mol. The highest BCUT2D eigenvalue weighted by molar-refractivity contribution is 5.89. The maximum Gasteiger partial charge on any atom is 0.321 e. The number of imidazole rings is 1. The van der Waals surface area contributed by atoms with Gasteiger partial charge in [0.25, 0.3) is 0 Å². The van der Waals surface area contributed by atoms with Crippen LogP contribution >= 0.6 is 0 Å². The molecule has 6 nitrogen and oxygen atoms in total. The number of hydrogen-bond donors (Lipinski definition) is 1. The van der Waals surface area contributed by atoms with Gasteiger partial charge in [-0.1, -0.05) is 19.4 Å². The molecule has 26 heavy (non-hydrogen) atoms. The van der Waals surface area contributed by atoms with Gasteiger partial charge in [0, 0.05) is 43.6 Å². The highest BCUT2D eigenvalue weighted by Gasteiger charge is 2.27. The summed E-state index contributed by atoms with van der Waals surface area (Å²) in [5, 5.41) is 11.9. The van der Waals surface area contributed by atoms with Crippen LogP contribution in [0.3, 0.4) is 0 Å². The van der Waals surface area contributed by atoms with Crippen molar-refractivity contribution in [3.05, 3.63) is 48.0 Å². The topological polar surface area (TPSA) is 74.0 Å². The molecule has 6 heteroatoms. The maximum absolute atomic E-state index is 12.6. The average Bonchev–Trinajstić information content (AvgIpc) is 3.15. The van der Waals surface area contributed by atoms with Crippen molar-refractivity contribution in [1.82, 2.24) is 14.5 Å². The Bertz CT molecular complexity index is 791. The number of unbranched alkanes of at least 4 members (excludes halogenated alkanes) is 1. The first-order chi connectivity index (χ1) is 12.7. The van der Waals surface area contributed by atoms with Crippen molar-refractivity contribution in [2.75, 3.05) is 18.4 Å². The molecule has 1 saturated heterocycles. The van der Waals surface area contributed by atoms with Crippen molar-refractivity contribution in [1.29, 1.82) is 5.26 Å². The molecule has 1 aliphatic rings. The van der Waals surface area contributed by atoms with Crippen LogP contribution in [-0.2, 0) is 6.54 Å². The van der Waals surface area contributed by atoms with Crippen LogP contribution in [0.25, 0.3) is 0 Å². The number of nitriles is 1. The van der Waals surface area contributed by atoms with Crippen LogP contribution < -0.4 is 5.32 Å². The van der Waals surface area contributed by atoms with Crippen LogP contribution in [0, 0.1) is 11.3 Å².